The molecule has 0 radical (unpaired) electrons. The van der Waals surface area contributed by atoms with Gasteiger partial charge in [0.05, 0.1) is 18.6 Å². The standard InChI is InChI=1S/C8H9ClN2O2S/c1-13-7(12)4-14-8-5(10)2-3-6(9)11-8/h2-3H,4,10H2,1H3. The second-order valence-electron chi connectivity index (χ2n) is 2.39. The molecule has 14 heavy (non-hydrogen) atoms. The maximum Gasteiger partial charge on any atom is 0.316 e. The van der Waals surface area contributed by atoms with E-state index in [0.29, 0.717) is 15.9 Å². The zero-order valence-corrected chi connectivity index (χ0v) is 9.06. The summed E-state index contributed by atoms with van der Waals surface area (Å²) in [7, 11) is 1.33. The number of hydrogen-bond donors (Lipinski definition) is 1. The number of nitrogens with two attached hydrogens (primary N) is 1. The van der Waals surface area contributed by atoms with E-state index in [9.17, 15) is 4.79 Å². The largest absolute Gasteiger partial charge is 0.468 e. The quantitative estimate of drug-likeness (QED) is 0.487. The number of carbonyl (C=O) groups excluding carboxylic acids is 1. The summed E-state index contributed by atoms with van der Waals surface area (Å²) in [6, 6.07) is 3.24. The van der Waals surface area contributed by atoms with Crippen LogP contribution in [0.2, 0.25) is 5.15 Å². The van der Waals surface area contributed by atoms with E-state index < -0.39 is 0 Å². The molecular formula is C8H9ClN2O2S. The lowest BCUT2D eigenvalue weighted by atomic mass is 10.4. The Morgan fingerprint density at radius 1 is 1.71 bits per heavy atom. The molecule has 0 aromatic carbocycles. The number of rotatable bonds is 3. The average Bonchev–Trinajstić information content (AvgIpc) is 2.19. The Balaban J connectivity index is 2.66. The van der Waals surface area contributed by atoms with Crippen LogP contribution in [0, 0.1) is 0 Å². The van der Waals surface area contributed by atoms with E-state index in [1.54, 1.807) is 12.1 Å². The summed E-state index contributed by atoms with van der Waals surface area (Å²) in [5.74, 6) is -0.148. The van der Waals surface area contributed by atoms with Crippen molar-refractivity contribution in [3.63, 3.8) is 0 Å². The van der Waals surface area contributed by atoms with Crippen LogP contribution < -0.4 is 5.73 Å². The third-order valence-electron chi connectivity index (χ3n) is 1.41. The van der Waals surface area contributed by atoms with Crippen molar-refractivity contribution in [1.29, 1.82) is 0 Å². The van der Waals surface area contributed by atoms with E-state index in [2.05, 4.69) is 9.72 Å². The van der Waals surface area contributed by atoms with E-state index in [4.69, 9.17) is 17.3 Å². The summed E-state index contributed by atoms with van der Waals surface area (Å²) < 4.78 is 4.48. The van der Waals surface area contributed by atoms with Crippen LogP contribution in [0.25, 0.3) is 0 Å². The molecule has 0 bridgehead atoms. The van der Waals surface area contributed by atoms with Gasteiger partial charge in [-0.3, -0.25) is 4.79 Å². The highest BCUT2D eigenvalue weighted by atomic mass is 35.5. The number of pyridine rings is 1. The van der Waals surface area contributed by atoms with E-state index in [0.717, 1.165) is 0 Å². The molecule has 4 nitrogen and oxygen atoms in total. The molecule has 0 amide bonds. The fourth-order valence-corrected chi connectivity index (χ4v) is 1.70. The predicted octanol–water partition coefficient (Wildman–Crippen LogP) is 1.58. The van der Waals surface area contributed by atoms with Crippen molar-refractivity contribution < 1.29 is 9.53 Å². The number of ether oxygens (including phenoxy) is 1. The van der Waals surface area contributed by atoms with Gasteiger partial charge in [-0.15, -0.1) is 0 Å². The molecule has 0 aliphatic carbocycles. The van der Waals surface area contributed by atoms with Crippen LogP contribution in [0.5, 0.6) is 0 Å². The number of hydrogen-bond acceptors (Lipinski definition) is 5. The molecule has 1 rings (SSSR count). The molecule has 1 aromatic rings. The fraction of sp³-hybridized carbons (Fsp3) is 0.250. The van der Waals surface area contributed by atoms with Gasteiger partial charge in [0.1, 0.15) is 10.2 Å². The Morgan fingerprint density at radius 3 is 3.07 bits per heavy atom. The molecular weight excluding hydrogens is 224 g/mol. The van der Waals surface area contributed by atoms with Crippen LogP contribution in [0.1, 0.15) is 0 Å². The summed E-state index contributed by atoms with van der Waals surface area (Å²) in [6.07, 6.45) is 0. The summed E-state index contributed by atoms with van der Waals surface area (Å²) >= 11 is 6.87. The molecule has 0 unspecified atom stereocenters. The number of nitrogen functional groups attached to an aromatic ring is 1. The topological polar surface area (TPSA) is 65.2 Å². The number of aromatic nitrogens is 1. The zero-order valence-electron chi connectivity index (χ0n) is 7.49. The van der Waals surface area contributed by atoms with Crippen molar-refractivity contribution in [3.05, 3.63) is 17.3 Å². The summed E-state index contributed by atoms with van der Waals surface area (Å²) in [6.45, 7) is 0. The normalized spacial score (nSPS) is 9.86. The Bertz CT molecular complexity index is 346. The van der Waals surface area contributed by atoms with Crippen molar-refractivity contribution >= 4 is 35.0 Å². The number of thioether (sulfide) groups is 1. The SMILES string of the molecule is COC(=O)CSc1nc(Cl)ccc1N. The van der Waals surface area contributed by atoms with Crippen molar-refractivity contribution in [2.75, 3.05) is 18.6 Å². The Kier molecular flexibility index (Phi) is 4.03. The molecule has 1 heterocycles. The molecule has 0 spiro atoms. The number of carbonyl (C=O) groups is 1. The summed E-state index contributed by atoms with van der Waals surface area (Å²) in [5, 5.41) is 0.898. The highest BCUT2D eigenvalue weighted by Crippen LogP contribution is 2.24. The minimum atomic E-state index is -0.323. The summed E-state index contributed by atoms with van der Waals surface area (Å²) in [5.41, 5.74) is 6.13. The molecule has 0 aliphatic rings. The lowest BCUT2D eigenvalue weighted by molar-refractivity contribution is -0.137. The van der Waals surface area contributed by atoms with Crippen molar-refractivity contribution in [2.24, 2.45) is 0 Å². The second-order valence-corrected chi connectivity index (χ2v) is 3.74. The van der Waals surface area contributed by atoms with Gasteiger partial charge < -0.3 is 10.5 Å². The zero-order chi connectivity index (χ0) is 10.6. The molecule has 0 atom stereocenters. The monoisotopic (exact) mass is 232 g/mol. The van der Waals surface area contributed by atoms with Gasteiger partial charge in [0.15, 0.2) is 0 Å². The van der Waals surface area contributed by atoms with Crippen LogP contribution in [0.3, 0.4) is 0 Å². The lowest BCUT2D eigenvalue weighted by Crippen LogP contribution is -2.04. The molecule has 76 valence electrons. The number of anilines is 1. The highest BCUT2D eigenvalue weighted by Gasteiger charge is 2.06. The fourth-order valence-electron chi connectivity index (χ4n) is 0.730. The molecule has 6 heteroatoms. The van der Waals surface area contributed by atoms with Gasteiger partial charge in [0.2, 0.25) is 0 Å². The third kappa shape index (κ3) is 3.08. The van der Waals surface area contributed by atoms with Gasteiger partial charge in [-0.2, -0.15) is 0 Å². The van der Waals surface area contributed by atoms with E-state index >= 15 is 0 Å². The van der Waals surface area contributed by atoms with Gasteiger partial charge in [0, 0.05) is 0 Å². The van der Waals surface area contributed by atoms with E-state index in [1.807, 2.05) is 0 Å². The first-order chi connectivity index (χ1) is 6.63. The molecule has 0 fully saturated rings. The minimum absolute atomic E-state index is 0.175. The Morgan fingerprint density at radius 2 is 2.43 bits per heavy atom. The first-order valence-corrected chi connectivity index (χ1v) is 5.11. The van der Waals surface area contributed by atoms with Crippen LogP contribution >= 0.6 is 23.4 Å². The maximum atomic E-state index is 10.8. The van der Waals surface area contributed by atoms with Gasteiger partial charge in [-0.1, -0.05) is 23.4 Å². The number of nitrogens with zero attached hydrogens (tertiary/aromatic N) is 1. The van der Waals surface area contributed by atoms with Crippen molar-refractivity contribution in [3.8, 4) is 0 Å². The van der Waals surface area contributed by atoms with Crippen LogP contribution in [0.4, 0.5) is 5.69 Å². The minimum Gasteiger partial charge on any atom is -0.468 e. The van der Waals surface area contributed by atoms with E-state index in [1.165, 1.54) is 18.9 Å². The predicted molar refractivity (Wildman–Crippen MR) is 56.4 cm³/mol. The molecule has 1 aromatic heterocycles. The maximum absolute atomic E-state index is 10.8. The smallest absolute Gasteiger partial charge is 0.316 e. The second kappa shape index (κ2) is 5.07. The van der Waals surface area contributed by atoms with E-state index in [-0.39, 0.29) is 11.7 Å². The van der Waals surface area contributed by atoms with Gasteiger partial charge in [-0.05, 0) is 12.1 Å². The van der Waals surface area contributed by atoms with Crippen molar-refractivity contribution in [1.82, 2.24) is 4.98 Å². The van der Waals surface area contributed by atoms with Gasteiger partial charge in [0.25, 0.3) is 0 Å². The Hall–Kier alpha value is -0.940. The Labute approximate surface area is 90.8 Å². The molecule has 2 N–H and O–H groups in total. The first kappa shape index (κ1) is 11.1. The highest BCUT2D eigenvalue weighted by molar-refractivity contribution is 8.00. The van der Waals surface area contributed by atoms with Gasteiger partial charge >= 0.3 is 5.97 Å². The number of esters is 1. The average molecular weight is 233 g/mol. The first-order valence-electron chi connectivity index (χ1n) is 3.75. The van der Waals surface area contributed by atoms with Gasteiger partial charge in [-0.25, -0.2) is 4.98 Å². The van der Waals surface area contributed by atoms with Crippen LogP contribution in [-0.2, 0) is 9.53 Å². The number of methoxy groups -OCH3 is 1. The molecule has 0 aliphatic heterocycles. The summed E-state index contributed by atoms with van der Waals surface area (Å²) in [4.78, 5) is 14.8. The van der Waals surface area contributed by atoms with Crippen molar-refractivity contribution in [2.45, 2.75) is 5.03 Å². The third-order valence-corrected chi connectivity index (χ3v) is 2.60. The molecule has 0 saturated carbocycles. The lowest BCUT2D eigenvalue weighted by Gasteiger charge is -2.03. The van der Waals surface area contributed by atoms with Crippen LogP contribution in [0.15, 0.2) is 17.2 Å². The number of halogens is 1. The van der Waals surface area contributed by atoms with Crippen LogP contribution in [-0.4, -0.2) is 23.8 Å². The molecule has 0 saturated heterocycles.